The van der Waals surface area contributed by atoms with Crippen LogP contribution in [0.3, 0.4) is 0 Å². The molecule has 2 atom stereocenters. The van der Waals surface area contributed by atoms with Crippen molar-refractivity contribution in [3.8, 4) is 0 Å². The van der Waals surface area contributed by atoms with E-state index in [1.165, 1.54) is 18.3 Å². The Bertz CT molecular complexity index is 1190. The van der Waals surface area contributed by atoms with Crippen LogP contribution in [-0.4, -0.2) is 62.5 Å². The molecule has 3 aromatic rings. The Hall–Kier alpha value is -3.66. The molecule has 0 fully saturated rings. The maximum atomic E-state index is 13.8. The van der Waals surface area contributed by atoms with Gasteiger partial charge in [-0.25, -0.2) is 8.78 Å². The monoisotopic (exact) mass is 527 g/mol. The number of nitrogens with one attached hydrogen (secondary N) is 2. The molecule has 0 saturated carbocycles. The largest absolute Gasteiger partial charge is 0.391 e. The van der Waals surface area contributed by atoms with Gasteiger partial charge in [0.1, 0.15) is 11.6 Å². The highest BCUT2D eigenvalue weighted by atomic mass is 19.1. The van der Waals surface area contributed by atoms with Gasteiger partial charge in [0.2, 0.25) is 0 Å². The number of aryl methyl sites for hydroxylation is 2. The first-order valence-electron chi connectivity index (χ1n) is 12.9. The molecule has 10 heteroatoms. The standard InChI is InChI=1S/C28H35F2N5O3/c1-4-8-35(9-5-2)28(38)21-11-18(3)10-20(15-21)27(37)32-25(14-19-12-22(29)16-23(30)13-19)26(36)7-6-24-17-31-34-33-24/h10-13,15-17,25-26,36H,4-9,14H2,1-3H3,(H,32,37)(H,31,33,34). The highest BCUT2D eigenvalue weighted by molar-refractivity contribution is 6.00. The summed E-state index contributed by atoms with van der Waals surface area (Å²) in [5, 5.41) is 23.9. The van der Waals surface area contributed by atoms with Crippen molar-refractivity contribution in [2.45, 2.75) is 65.0 Å². The van der Waals surface area contributed by atoms with Gasteiger partial charge in [-0.2, -0.15) is 0 Å². The van der Waals surface area contributed by atoms with E-state index in [9.17, 15) is 23.5 Å². The predicted molar refractivity (Wildman–Crippen MR) is 140 cm³/mol. The summed E-state index contributed by atoms with van der Waals surface area (Å²) in [5.41, 5.74) is 2.42. The van der Waals surface area contributed by atoms with E-state index >= 15 is 0 Å². The highest BCUT2D eigenvalue weighted by Gasteiger charge is 2.24. The van der Waals surface area contributed by atoms with Crippen molar-refractivity contribution in [2.75, 3.05) is 13.1 Å². The average Bonchev–Trinajstić information content (AvgIpc) is 3.39. The minimum atomic E-state index is -1.04. The molecule has 3 N–H and O–H groups in total. The normalized spacial score (nSPS) is 12.7. The lowest BCUT2D eigenvalue weighted by Gasteiger charge is -2.25. The number of halogens is 2. The van der Waals surface area contributed by atoms with Crippen LogP contribution in [0.25, 0.3) is 0 Å². The van der Waals surface area contributed by atoms with Crippen molar-refractivity contribution in [1.29, 1.82) is 0 Å². The number of hydrogen-bond donors (Lipinski definition) is 3. The predicted octanol–water partition coefficient (Wildman–Crippen LogP) is 3.99. The molecule has 0 aliphatic carbocycles. The molecule has 0 saturated heterocycles. The third-order valence-corrected chi connectivity index (χ3v) is 6.19. The summed E-state index contributed by atoms with van der Waals surface area (Å²) in [6.07, 6.45) is 2.79. The molecule has 0 aliphatic heterocycles. The Morgan fingerprint density at radius 3 is 2.29 bits per heavy atom. The van der Waals surface area contributed by atoms with Crippen LogP contribution >= 0.6 is 0 Å². The number of H-pyrrole nitrogens is 1. The summed E-state index contributed by atoms with van der Waals surface area (Å²) >= 11 is 0. The molecule has 8 nitrogen and oxygen atoms in total. The van der Waals surface area contributed by atoms with Crippen molar-refractivity contribution in [3.05, 3.63) is 82.2 Å². The van der Waals surface area contributed by atoms with Gasteiger partial charge >= 0.3 is 0 Å². The number of aromatic amines is 1. The van der Waals surface area contributed by atoms with E-state index in [0.29, 0.717) is 36.3 Å². The summed E-state index contributed by atoms with van der Waals surface area (Å²) in [6, 6.07) is 7.22. The maximum Gasteiger partial charge on any atom is 0.253 e. The van der Waals surface area contributed by atoms with Crippen molar-refractivity contribution < 1.29 is 23.5 Å². The van der Waals surface area contributed by atoms with Crippen LogP contribution in [0.2, 0.25) is 0 Å². The van der Waals surface area contributed by atoms with Gasteiger partial charge in [0.25, 0.3) is 11.8 Å². The van der Waals surface area contributed by atoms with Crippen molar-refractivity contribution in [1.82, 2.24) is 25.6 Å². The second kappa shape index (κ2) is 13.8. The van der Waals surface area contributed by atoms with E-state index in [1.807, 2.05) is 13.8 Å². The van der Waals surface area contributed by atoms with Crippen LogP contribution in [0.4, 0.5) is 8.78 Å². The zero-order valence-electron chi connectivity index (χ0n) is 22.0. The van der Waals surface area contributed by atoms with Crippen LogP contribution in [0.15, 0.2) is 42.6 Å². The van der Waals surface area contributed by atoms with Gasteiger partial charge in [-0.1, -0.05) is 19.1 Å². The molecule has 2 amide bonds. The lowest BCUT2D eigenvalue weighted by molar-refractivity contribution is 0.0755. The summed E-state index contributed by atoms with van der Waals surface area (Å²) in [7, 11) is 0. The molecule has 2 unspecified atom stereocenters. The number of nitrogens with zero attached hydrogens (tertiary/aromatic N) is 3. The van der Waals surface area contributed by atoms with Crippen LogP contribution in [0.1, 0.15) is 70.6 Å². The maximum absolute atomic E-state index is 13.8. The van der Waals surface area contributed by atoms with Crippen LogP contribution in [0, 0.1) is 18.6 Å². The minimum Gasteiger partial charge on any atom is -0.391 e. The zero-order valence-corrected chi connectivity index (χ0v) is 22.0. The zero-order chi connectivity index (χ0) is 27.7. The van der Waals surface area contributed by atoms with Crippen LogP contribution in [-0.2, 0) is 12.8 Å². The third-order valence-electron chi connectivity index (χ3n) is 6.19. The topological polar surface area (TPSA) is 111 Å². The molecular formula is C28H35F2N5O3. The smallest absolute Gasteiger partial charge is 0.253 e. The van der Waals surface area contributed by atoms with Crippen molar-refractivity contribution >= 4 is 11.8 Å². The number of benzene rings is 2. The Labute approximate surface area is 221 Å². The Balaban J connectivity index is 1.83. The Morgan fingerprint density at radius 2 is 1.68 bits per heavy atom. The molecule has 2 aromatic carbocycles. The first-order valence-corrected chi connectivity index (χ1v) is 12.9. The lowest BCUT2D eigenvalue weighted by atomic mass is 9.96. The van der Waals surface area contributed by atoms with E-state index in [4.69, 9.17) is 0 Å². The van der Waals surface area contributed by atoms with Crippen LogP contribution < -0.4 is 5.32 Å². The number of aliphatic hydroxyl groups excluding tert-OH is 1. The summed E-state index contributed by atoms with van der Waals surface area (Å²) < 4.78 is 27.7. The molecule has 0 radical (unpaired) electrons. The summed E-state index contributed by atoms with van der Waals surface area (Å²) in [6.45, 7) is 7.05. The van der Waals surface area contributed by atoms with E-state index in [-0.39, 0.29) is 24.3 Å². The molecule has 3 rings (SSSR count). The van der Waals surface area contributed by atoms with Gasteiger partial charge in [0.05, 0.1) is 24.0 Å². The number of rotatable bonds is 13. The average molecular weight is 528 g/mol. The number of aromatic nitrogens is 3. The lowest BCUT2D eigenvalue weighted by Crippen LogP contribution is -2.45. The fourth-order valence-corrected chi connectivity index (χ4v) is 4.44. The van der Waals surface area contributed by atoms with Crippen molar-refractivity contribution in [3.63, 3.8) is 0 Å². The number of aliphatic hydroxyl groups is 1. The number of amides is 2. The van der Waals surface area contributed by atoms with Gasteiger partial charge < -0.3 is 15.3 Å². The number of carbonyl (C=O) groups is 2. The number of carbonyl (C=O) groups excluding carboxylic acids is 2. The second-order valence-corrected chi connectivity index (χ2v) is 9.53. The summed E-state index contributed by atoms with van der Waals surface area (Å²) in [4.78, 5) is 28.3. The molecule has 0 bridgehead atoms. The second-order valence-electron chi connectivity index (χ2n) is 9.53. The Kier molecular flexibility index (Phi) is 10.5. The number of hydrogen-bond acceptors (Lipinski definition) is 5. The van der Waals surface area contributed by atoms with Gasteiger partial charge in [0, 0.05) is 30.3 Å². The molecule has 1 heterocycles. The van der Waals surface area contributed by atoms with Gasteiger partial charge in [-0.05, 0) is 80.5 Å². The summed E-state index contributed by atoms with van der Waals surface area (Å²) in [5.74, 6) is -2.13. The van der Waals surface area contributed by atoms with Crippen LogP contribution in [0.5, 0.6) is 0 Å². The SMILES string of the molecule is CCCN(CCC)C(=O)c1cc(C)cc(C(=O)NC(Cc2cc(F)cc(F)c2)C(O)CCc2cnn[nH]2)c1. The van der Waals surface area contributed by atoms with Crippen molar-refractivity contribution in [2.24, 2.45) is 0 Å². The fraction of sp³-hybridized carbons (Fsp3) is 0.429. The van der Waals surface area contributed by atoms with Gasteiger partial charge in [0.15, 0.2) is 0 Å². The first kappa shape index (κ1) is 28.9. The molecule has 0 aliphatic rings. The quantitative estimate of drug-likeness (QED) is 0.311. The Morgan fingerprint density at radius 1 is 1.03 bits per heavy atom. The minimum absolute atomic E-state index is 0.00118. The van der Waals surface area contributed by atoms with Gasteiger partial charge in [-0.3, -0.25) is 14.7 Å². The molecule has 204 valence electrons. The fourth-order valence-electron chi connectivity index (χ4n) is 4.44. The third kappa shape index (κ3) is 8.17. The van der Waals surface area contributed by atoms with Gasteiger partial charge in [-0.15, -0.1) is 5.10 Å². The van der Waals surface area contributed by atoms with E-state index in [2.05, 4.69) is 20.7 Å². The van der Waals surface area contributed by atoms with E-state index in [0.717, 1.165) is 24.5 Å². The first-order chi connectivity index (χ1) is 18.2. The molecule has 1 aromatic heterocycles. The van der Waals surface area contributed by atoms with E-state index < -0.39 is 29.7 Å². The highest BCUT2D eigenvalue weighted by Crippen LogP contribution is 2.17. The van der Waals surface area contributed by atoms with E-state index in [1.54, 1.807) is 30.0 Å². The molecule has 0 spiro atoms. The molecular weight excluding hydrogens is 492 g/mol. The molecule has 38 heavy (non-hydrogen) atoms.